The minimum Gasteiger partial charge on any atom is -0.444 e. The van der Waals surface area contributed by atoms with Gasteiger partial charge in [0, 0.05) is 37.8 Å². The first-order valence-electron chi connectivity index (χ1n) is 18.3. The van der Waals surface area contributed by atoms with Gasteiger partial charge in [-0.05, 0) is 54.1 Å². The number of ether oxygens (including phenoxy) is 1. The molecule has 2 saturated carbocycles. The van der Waals surface area contributed by atoms with Crippen molar-refractivity contribution in [2.75, 3.05) is 13.1 Å². The van der Waals surface area contributed by atoms with Crippen molar-refractivity contribution in [3.63, 3.8) is 0 Å². The summed E-state index contributed by atoms with van der Waals surface area (Å²) >= 11 is 0. The van der Waals surface area contributed by atoms with E-state index < -0.39 is 71.1 Å². The van der Waals surface area contributed by atoms with Gasteiger partial charge in [0.05, 0.1) is 18.6 Å². The number of nitrogens with two attached hydrogens (primary N) is 1. The van der Waals surface area contributed by atoms with E-state index in [1.54, 1.807) is 25.7 Å². The quantitative estimate of drug-likeness (QED) is 0.246. The molecule has 1 aromatic carbocycles. The minimum atomic E-state index is -1.13. The Balaban J connectivity index is 1.35. The van der Waals surface area contributed by atoms with E-state index in [0.29, 0.717) is 25.9 Å². The average molecular weight is 708 g/mol. The number of ketones is 3. The maximum absolute atomic E-state index is 14.5. The monoisotopic (exact) mass is 707 g/mol. The van der Waals surface area contributed by atoms with Gasteiger partial charge in [0.2, 0.25) is 11.7 Å². The van der Waals surface area contributed by atoms with Gasteiger partial charge in [-0.15, -0.1) is 0 Å². The summed E-state index contributed by atoms with van der Waals surface area (Å²) in [5, 5.41) is 5.56. The molecule has 278 valence electrons. The summed E-state index contributed by atoms with van der Waals surface area (Å²) < 4.78 is 5.93. The van der Waals surface area contributed by atoms with E-state index >= 15 is 0 Å². The second-order valence-electron chi connectivity index (χ2n) is 16.3. The van der Waals surface area contributed by atoms with Crippen molar-refractivity contribution >= 4 is 41.3 Å². The number of carbonyl (C=O) groups is 7. The highest BCUT2D eigenvalue weighted by Crippen LogP contribution is 2.38. The van der Waals surface area contributed by atoms with Crippen LogP contribution in [-0.2, 0) is 41.7 Å². The lowest BCUT2D eigenvalue weighted by molar-refractivity contribution is -0.143. The van der Waals surface area contributed by atoms with Crippen molar-refractivity contribution in [3.05, 3.63) is 35.4 Å². The average Bonchev–Trinajstić information content (AvgIpc) is 4.02. The molecule has 0 radical (unpaired) electrons. The Kier molecular flexibility index (Phi) is 11.6. The molecule has 0 spiro atoms. The standard InChI is InChI=1S/C38H53N5O8/c1-21(2)30(31(45)24-12-13-24)40-36(49)41-33(38(3,4)5)35(48)43-20-27(51-37(50)42-15-14-23-8-6-7-9-25(23)19-42)18-28(43)29(44)17-26(16-22-10-11-22)32(46)34(39)47/h6-9,21-22,24,26-28,30,33H,10-20H2,1-5H3,(H2,39,47)(H2,40,41,49)/t26?,27-,28+,30+,33-/m1/s1. The molecule has 5 atom stereocenters. The number of fused-ring (bicyclic) bond motifs is 1. The van der Waals surface area contributed by atoms with Crippen LogP contribution in [0.4, 0.5) is 9.59 Å². The van der Waals surface area contributed by atoms with Crippen LogP contribution in [0.2, 0.25) is 0 Å². The fraction of sp³-hybridized carbons (Fsp3) is 0.658. The van der Waals surface area contributed by atoms with Crippen LogP contribution in [0.1, 0.15) is 90.7 Å². The van der Waals surface area contributed by atoms with Gasteiger partial charge >= 0.3 is 12.1 Å². The Morgan fingerprint density at radius 2 is 1.63 bits per heavy atom. The number of hydrogen-bond donors (Lipinski definition) is 3. The molecule has 2 aliphatic heterocycles. The Morgan fingerprint density at radius 1 is 0.961 bits per heavy atom. The number of Topliss-reactive ketones (excluding diaryl/α,β-unsaturated/α-hetero) is 3. The zero-order chi connectivity index (χ0) is 37.2. The number of hydrogen-bond acceptors (Lipinski definition) is 8. The number of carbonyl (C=O) groups excluding carboxylic acids is 7. The molecular formula is C38H53N5O8. The van der Waals surface area contributed by atoms with Crippen molar-refractivity contribution in [1.29, 1.82) is 0 Å². The summed E-state index contributed by atoms with van der Waals surface area (Å²) in [5.41, 5.74) is 6.70. The third-order valence-electron chi connectivity index (χ3n) is 10.6. The summed E-state index contributed by atoms with van der Waals surface area (Å²) in [6, 6.07) is 4.27. The summed E-state index contributed by atoms with van der Waals surface area (Å²) in [6.45, 7) is 9.76. The molecule has 5 amide bonds. The lowest BCUT2D eigenvalue weighted by Crippen LogP contribution is -2.60. The molecule has 2 aliphatic carbocycles. The van der Waals surface area contributed by atoms with Gasteiger partial charge in [0.1, 0.15) is 12.1 Å². The van der Waals surface area contributed by atoms with Crippen LogP contribution >= 0.6 is 0 Å². The van der Waals surface area contributed by atoms with Gasteiger partial charge in [-0.2, -0.15) is 0 Å². The van der Waals surface area contributed by atoms with Crippen LogP contribution in [-0.4, -0.2) is 88.4 Å². The van der Waals surface area contributed by atoms with Gasteiger partial charge < -0.3 is 30.9 Å². The number of rotatable bonds is 14. The number of primary amides is 1. The van der Waals surface area contributed by atoms with Gasteiger partial charge in [-0.25, -0.2) is 9.59 Å². The summed E-state index contributed by atoms with van der Waals surface area (Å²) in [6.07, 6.45) is 2.72. The molecule has 0 aromatic heterocycles. The molecule has 13 heteroatoms. The van der Waals surface area contributed by atoms with E-state index in [-0.39, 0.29) is 42.9 Å². The number of amides is 5. The van der Waals surface area contributed by atoms with Crippen LogP contribution in [0.5, 0.6) is 0 Å². The molecule has 1 unspecified atom stereocenters. The van der Waals surface area contributed by atoms with Crippen molar-refractivity contribution in [3.8, 4) is 0 Å². The highest BCUT2D eigenvalue weighted by Gasteiger charge is 2.47. The van der Waals surface area contributed by atoms with Crippen LogP contribution in [0.25, 0.3) is 0 Å². The molecule has 4 aliphatic rings. The van der Waals surface area contributed by atoms with Crippen molar-refractivity contribution < 1.29 is 38.3 Å². The molecule has 4 N–H and O–H groups in total. The summed E-state index contributed by atoms with van der Waals surface area (Å²) in [4.78, 5) is 95.8. The zero-order valence-electron chi connectivity index (χ0n) is 30.4. The number of likely N-dealkylation sites (tertiary alicyclic amines) is 1. The van der Waals surface area contributed by atoms with E-state index in [0.717, 1.165) is 36.8 Å². The number of urea groups is 1. The predicted molar refractivity (Wildman–Crippen MR) is 187 cm³/mol. The number of benzene rings is 1. The smallest absolute Gasteiger partial charge is 0.410 e. The van der Waals surface area contributed by atoms with Crippen LogP contribution in [0.3, 0.4) is 0 Å². The SMILES string of the molecule is CC(C)[C@H](NC(=O)N[C@H](C(=O)N1C[C@H](OC(=O)N2CCc3ccccc3C2)C[C@H]1C(=O)CC(CC1CC1)C(=O)C(N)=O)C(C)(C)C)C(=O)C1CC1. The highest BCUT2D eigenvalue weighted by atomic mass is 16.6. The number of nitrogens with zero attached hydrogens (tertiary/aromatic N) is 2. The molecule has 2 heterocycles. The van der Waals surface area contributed by atoms with E-state index in [9.17, 15) is 33.6 Å². The van der Waals surface area contributed by atoms with Crippen molar-refractivity contribution in [1.82, 2.24) is 20.4 Å². The molecule has 3 fully saturated rings. The summed E-state index contributed by atoms with van der Waals surface area (Å²) in [7, 11) is 0. The molecular weight excluding hydrogens is 654 g/mol. The van der Waals surface area contributed by atoms with Crippen molar-refractivity contribution in [2.24, 2.45) is 34.8 Å². The minimum absolute atomic E-state index is 0.00394. The first-order valence-corrected chi connectivity index (χ1v) is 18.3. The molecule has 0 bridgehead atoms. The molecule has 5 rings (SSSR count). The second kappa shape index (κ2) is 15.5. The third kappa shape index (κ3) is 9.53. The summed E-state index contributed by atoms with van der Waals surface area (Å²) in [5.74, 6) is -3.87. The largest absolute Gasteiger partial charge is 0.444 e. The predicted octanol–water partition coefficient (Wildman–Crippen LogP) is 3.30. The third-order valence-corrected chi connectivity index (χ3v) is 10.6. The van der Waals surface area contributed by atoms with Crippen molar-refractivity contribution in [2.45, 2.75) is 117 Å². The van der Waals surface area contributed by atoms with Gasteiger partial charge in [0.15, 0.2) is 11.6 Å². The Hall–Kier alpha value is -4.29. The van der Waals surface area contributed by atoms with Gasteiger partial charge in [0.25, 0.3) is 5.91 Å². The Labute approximate surface area is 299 Å². The van der Waals surface area contributed by atoms with E-state index in [1.165, 1.54) is 4.90 Å². The molecule has 51 heavy (non-hydrogen) atoms. The first-order chi connectivity index (χ1) is 24.0. The highest BCUT2D eigenvalue weighted by molar-refractivity contribution is 6.36. The first kappa shape index (κ1) is 38.0. The Bertz CT molecular complexity index is 1540. The zero-order valence-corrected chi connectivity index (χ0v) is 30.4. The van der Waals surface area contributed by atoms with Crippen LogP contribution in [0, 0.1) is 29.1 Å². The lowest BCUT2D eigenvalue weighted by atomic mass is 9.85. The normalized spacial score (nSPS) is 22.0. The second-order valence-corrected chi connectivity index (χ2v) is 16.3. The molecule has 1 aromatic rings. The lowest BCUT2D eigenvalue weighted by Gasteiger charge is -2.36. The van der Waals surface area contributed by atoms with Gasteiger partial charge in [-0.1, -0.05) is 71.7 Å². The maximum atomic E-state index is 14.5. The number of nitrogens with one attached hydrogen (secondary N) is 2. The maximum Gasteiger partial charge on any atom is 0.410 e. The Morgan fingerprint density at radius 3 is 2.22 bits per heavy atom. The van der Waals surface area contributed by atoms with Crippen LogP contribution in [0.15, 0.2) is 24.3 Å². The fourth-order valence-electron chi connectivity index (χ4n) is 7.24. The van der Waals surface area contributed by atoms with E-state index in [4.69, 9.17) is 10.5 Å². The van der Waals surface area contributed by atoms with E-state index in [2.05, 4.69) is 10.6 Å². The fourth-order valence-corrected chi connectivity index (χ4v) is 7.24. The van der Waals surface area contributed by atoms with E-state index in [1.807, 2.05) is 38.1 Å². The molecule has 1 saturated heterocycles. The van der Waals surface area contributed by atoms with Gasteiger partial charge in [-0.3, -0.25) is 24.0 Å². The topological polar surface area (TPSA) is 185 Å². The van der Waals surface area contributed by atoms with Crippen LogP contribution < -0.4 is 16.4 Å². The molecule has 13 nitrogen and oxygen atoms in total.